The molecule has 12 heavy (non-hydrogen) atoms. The molecule has 1 N–H and O–H groups in total. The van der Waals surface area contributed by atoms with E-state index in [-0.39, 0.29) is 0 Å². The van der Waals surface area contributed by atoms with Gasteiger partial charge in [0.15, 0.2) is 0 Å². The van der Waals surface area contributed by atoms with Crippen LogP contribution in [-0.4, -0.2) is 12.6 Å². The molecule has 0 spiro atoms. The van der Waals surface area contributed by atoms with E-state index in [1.807, 2.05) is 0 Å². The first-order valence-corrected chi connectivity index (χ1v) is 5.43. The van der Waals surface area contributed by atoms with E-state index in [0.717, 1.165) is 17.9 Å². The summed E-state index contributed by atoms with van der Waals surface area (Å²) in [7, 11) is 0. The summed E-state index contributed by atoms with van der Waals surface area (Å²) in [6.07, 6.45) is 5.61. The van der Waals surface area contributed by atoms with Gasteiger partial charge < -0.3 is 5.32 Å². The highest BCUT2D eigenvalue weighted by Crippen LogP contribution is 2.19. The SMILES string of the molecule is CC(C)C(C)CCNC1CCC1. The molecule has 72 valence electrons. The van der Waals surface area contributed by atoms with E-state index in [9.17, 15) is 0 Å². The minimum atomic E-state index is 0.841. The van der Waals surface area contributed by atoms with Gasteiger partial charge in [0, 0.05) is 6.04 Å². The van der Waals surface area contributed by atoms with Gasteiger partial charge in [-0.2, -0.15) is 0 Å². The minimum Gasteiger partial charge on any atom is -0.314 e. The summed E-state index contributed by atoms with van der Waals surface area (Å²) >= 11 is 0. The van der Waals surface area contributed by atoms with Crippen molar-refractivity contribution in [3.8, 4) is 0 Å². The Bertz CT molecular complexity index is 116. The Morgan fingerprint density at radius 2 is 1.92 bits per heavy atom. The Kier molecular flexibility index (Phi) is 4.07. The second-order valence-corrected chi connectivity index (χ2v) is 4.59. The first kappa shape index (κ1) is 10.0. The third-order valence-corrected chi connectivity index (χ3v) is 3.28. The van der Waals surface area contributed by atoms with Gasteiger partial charge >= 0.3 is 0 Å². The van der Waals surface area contributed by atoms with Crippen molar-refractivity contribution >= 4 is 0 Å². The lowest BCUT2D eigenvalue weighted by Gasteiger charge is -2.27. The van der Waals surface area contributed by atoms with Crippen LogP contribution in [0.15, 0.2) is 0 Å². The Morgan fingerprint density at radius 1 is 1.25 bits per heavy atom. The lowest BCUT2D eigenvalue weighted by atomic mass is 9.91. The predicted molar refractivity (Wildman–Crippen MR) is 54.3 cm³/mol. The van der Waals surface area contributed by atoms with Crippen molar-refractivity contribution in [3.63, 3.8) is 0 Å². The van der Waals surface area contributed by atoms with E-state index in [2.05, 4.69) is 26.1 Å². The van der Waals surface area contributed by atoms with Crippen molar-refractivity contribution in [1.82, 2.24) is 5.32 Å². The number of hydrogen-bond acceptors (Lipinski definition) is 1. The molecule has 0 aromatic rings. The molecule has 0 aromatic heterocycles. The van der Waals surface area contributed by atoms with Crippen LogP contribution in [0.3, 0.4) is 0 Å². The molecule has 1 unspecified atom stereocenters. The molecule has 1 nitrogen and oxygen atoms in total. The fraction of sp³-hybridized carbons (Fsp3) is 1.00. The zero-order valence-corrected chi connectivity index (χ0v) is 8.77. The smallest absolute Gasteiger partial charge is 0.00670 e. The third-order valence-electron chi connectivity index (χ3n) is 3.28. The van der Waals surface area contributed by atoms with Crippen LogP contribution in [-0.2, 0) is 0 Å². The summed E-state index contributed by atoms with van der Waals surface area (Å²) in [4.78, 5) is 0. The first-order chi connectivity index (χ1) is 5.70. The Labute approximate surface area is 76.9 Å². The van der Waals surface area contributed by atoms with E-state index in [4.69, 9.17) is 0 Å². The van der Waals surface area contributed by atoms with E-state index in [1.54, 1.807) is 0 Å². The molecule has 1 fully saturated rings. The quantitative estimate of drug-likeness (QED) is 0.667. The van der Waals surface area contributed by atoms with Crippen LogP contribution in [0.4, 0.5) is 0 Å². The van der Waals surface area contributed by atoms with E-state index in [1.165, 1.54) is 32.2 Å². The molecule has 1 heteroatoms. The molecule has 0 saturated heterocycles. The van der Waals surface area contributed by atoms with Crippen molar-refractivity contribution in [2.45, 2.75) is 52.5 Å². The van der Waals surface area contributed by atoms with Crippen molar-refractivity contribution in [2.75, 3.05) is 6.54 Å². The largest absolute Gasteiger partial charge is 0.314 e. The maximum absolute atomic E-state index is 3.60. The summed E-state index contributed by atoms with van der Waals surface area (Å²) in [6, 6.07) is 0.865. The molecule has 1 aliphatic carbocycles. The van der Waals surface area contributed by atoms with Crippen LogP contribution in [0.5, 0.6) is 0 Å². The highest BCUT2D eigenvalue weighted by atomic mass is 14.9. The molecular weight excluding hydrogens is 146 g/mol. The Hall–Kier alpha value is -0.0400. The molecule has 0 aromatic carbocycles. The molecule has 1 rings (SSSR count). The number of nitrogens with one attached hydrogen (secondary N) is 1. The van der Waals surface area contributed by atoms with Crippen molar-refractivity contribution < 1.29 is 0 Å². The van der Waals surface area contributed by atoms with Crippen LogP contribution in [0.25, 0.3) is 0 Å². The predicted octanol–water partition coefficient (Wildman–Crippen LogP) is 2.81. The van der Waals surface area contributed by atoms with E-state index >= 15 is 0 Å². The summed E-state index contributed by atoms with van der Waals surface area (Å²) in [6.45, 7) is 8.21. The van der Waals surface area contributed by atoms with Crippen LogP contribution in [0.2, 0.25) is 0 Å². The maximum Gasteiger partial charge on any atom is 0.00670 e. The highest BCUT2D eigenvalue weighted by Gasteiger charge is 2.16. The first-order valence-electron chi connectivity index (χ1n) is 5.43. The topological polar surface area (TPSA) is 12.0 Å². The summed E-state index contributed by atoms with van der Waals surface area (Å²) in [5, 5.41) is 3.60. The molecule has 0 radical (unpaired) electrons. The van der Waals surface area contributed by atoms with Gasteiger partial charge in [0.2, 0.25) is 0 Å². The Balaban J connectivity index is 1.93. The van der Waals surface area contributed by atoms with Gasteiger partial charge in [0.05, 0.1) is 0 Å². The monoisotopic (exact) mass is 169 g/mol. The van der Waals surface area contributed by atoms with Crippen molar-refractivity contribution in [1.29, 1.82) is 0 Å². The summed E-state index contributed by atoms with van der Waals surface area (Å²) in [5.41, 5.74) is 0. The Morgan fingerprint density at radius 3 is 2.33 bits per heavy atom. The lowest BCUT2D eigenvalue weighted by Crippen LogP contribution is -2.36. The van der Waals surface area contributed by atoms with Gasteiger partial charge in [-0.05, 0) is 37.6 Å². The van der Waals surface area contributed by atoms with E-state index in [0.29, 0.717) is 0 Å². The molecule has 0 bridgehead atoms. The molecule has 1 atom stereocenters. The van der Waals surface area contributed by atoms with Gasteiger partial charge in [-0.1, -0.05) is 27.2 Å². The molecule has 0 amide bonds. The fourth-order valence-corrected chi connectivity index (χ4v) is 1.46. The minimum absolute atomic E-state index is 0.841. The fourth-order valence-electron chi connectivity index (χ4n) is 1.46. The molecule has 1 aliphatic rings. The zero-order valence-electron chi connectivity index (χ0n) is 8.77. The summed E-state index contributed by atoms with van der Waals surface area (Å²) < 4.78 is 0. The second-order valence-electron chi connectivity index (χ2n) is 4.59. The van der Waals surface area contributed by atoms with Gasteiger partial charge in [-0.15, -0.1) is 0 Å². The van der Waals surface area contributed by atoms with Crippen molar-refractivity contribution in [3.05, 3.63) is 0 Å². The van der Waals surface area contributed by atoms with Gasteiger partial charge in [-0.3, -0.25) is 0 Å². The average molecular weight is 169 g/mol. The number of hydrogen-bond donors (Lipinski definition) is 1. The van der Waals surface area contributed by atoms with Crippen LogP contribution < -0.4 is 5.32 Å². The van der Waals surface area contributed by atoms with Crippen LogP contribution >= 0.6 is 0 Å². The highest BCUT2D eigenvalue weighted by molar-refractivity contribution is 4.76. The van der Waals surface area contributed by atoms with Gasteiger partial charge in [0.1, 0.15) is 0 Å². The molecule has 0 aliphatic heterocycles. The van der Waals surface area contributed by atoms with Gasteiger partial charge in [-0.25, -0.2) is 0 Å². The van der Waals surface area contributed by atoms with Crippen molar-refractivity contribution in [2.24, 2.45) is 11.8 Å². The standard InChI is InChI=1S/C11H23N/c1-9(2)10(3)7-8-12-11-5-4-6-11/h9-12H,4-8H2,1-3H3. The third kappa shape index (κ3) is 3.14. The summed E-state index contributed by atoms with van der Waals surface area (Å²) in [5.74, 6) is 1.71. The molecule has 1 saturated carbocycles. The lowest BCUT2D eigenvalue weighted by molar-refractivity contribution is 0.312. The normalized spacial score (nSPS) is 21.0. The van der Waals surface area contributed by atoms with Crippen LogP contribution in [0.1, 0.15) is 46.5 Å². The molecule has 0 heterocycles. The zero-order chi connectivity index (χ0) is 8.97. The van der Waals surface area contributed by atoms with E-state index < -0.39 is 0 Å². The maximum atomic E-state index is 3.60. The average Bonchev–Trinajstić information content (AvgIpc) is 1.93. The van der Waals surface area contributed by atoms with Gasteiger partial charge in [0.25, 0.3) is 0 Å². The number of rotatable bonds is 5. The molecular formula is C11H23N. The van der Waals surface area contributed by atoms with Crippen LogP contribution in [0, 0.1) is 11.8 Å². The second kappa shape index (κ2) is 4.86.